The van der Waals surface area contributed by atoms with Crippen molar-refractivity contribution in [2.75, 3.05) is 0 Å². The van der Waals surface area contributed by atoms with Crippen LogP contribution in [-0.2, 0) is 11.4 Å². The molecule has 0 aromatic heterocycles. The van der Waals surface area contributed by atoms with E-state index in [1.807, 2.05) is 49.4 Å². The number of para-hydroxylation sites is 1. The number of aryl methyl sites for hydroxylation is 1. The first-order chi connectivity index (χ1) is 8.81. The molecular formula is C15H14O3. The van der Waals surface area contributed by atoms with Crippen LogP contribution in [0.5, 0.6) is 11.5 Å². The average molecular weight is 242 g/mol. The number of hydrogen-bond acceptors (Lipinski definition) is 3. The molecule has 0 aliphatic rings. The maximum Gasteiger partial charge on any atom is 0.298 e. The molecule has 0 saturated carbocycles. The molecule has 2 rings (SSSR count). The fraction of sp³-hybridized carbons (Fsp3) is 0.133. The largest absolute Gasteiger partial charge is 0.485 e. The van der Waals surface area contributed by atoms with Gasteiger partial charge in [0.2, 0.25) is 0 Å². The first-order valence-electron chi connectivity index (χ1n) is 5.68. The number of hydrogen-bond donors (Lipinski definition) is 0. The van der Waals surface area contributed by atoms with E-state index in [1.54, 1.807) is 6.07 Å². The van der Waals surface area contributed by atoms with Gasteiger partial charge in [0.25, 0.3) is 6.47 Å². The third kappa shape index (κ3) is 2.88. The Morgan fingerprint density at radius 3 is 2.56 bits per heavy atom. The van der Waals surface area contributed by atoms with Gasteiger partial charge in [0, 0.05) is 0 Å². The van der Waals surface area contributed by atoms with Crippen molar-refractivity contribution in [3.8, 4) is 11.5 Å². The van der Waals surface area contributed by atoms with Crippen molar-refractivity contribution in [2.45, 2.75) is 13.5 Å². The molecule has 3 nitrogen and oxygen atoms in total. The van der Waals surface area contributed by atoms with Crippen molar-refractivity contribution in [2.24, 2.45) is 0 Å². The summed E-state index contributed by atoms with van der Waals surface area (Å²) in [5, 5.41) is 0. The average Bonchev–Trinajstić information content (AvgIpc) is 2.40. The van der Waals surface area contributed by atoms with Crippen molar-refractivity contribution >= 4 is 6.47 Å². The summed E-state index contributed by atoms with van der Waals surface area (Å²) in [6.45, 7) is 2.77. The molecule has 0 aliphatic heterocycles. The first-order valence-corrected chi connectivity index (χ1v) is 5.68. The minimum atomic E-state index is 0.407. The molecule has 0 spiro atoms. The smallest absolute Gasteiger partial charge is 0.298 e. The van der Waals surface area contributed by atoms with E-state index >= 15 is 0 Å². The predicted molar refractivity (Wildman–Crippen MR) is 68.6 cm³/mol. The van der Waals surface area contributed by atoms with Crippen LogP contribution in [0.25, 0.3) is 0 Å². The van der Waals surface area contributed by atoms with Crippen LogP contribution < -0.4 is 9.47 Å². The molecule has 2 aromatic rings. The second kappa shape index (κ2) is 5.87. The summed E-state index contributed by atoms with van der Waals surface area (Å²) in [4.78, 5) is 10.4. The van der Waals surface area contributed by atoms with Gasteiger partial charge in [-0.25, -0.2) is 0 Å². The van der Waals surface area contributed by atoms with Gasteiger partial charge in [0.15, 0.2) is 11.5 Å². The molecule has 0 aliphatic carbocycles. The lowest BCUT2D eigenvalue weighted by molar-refractivity contribution is -0.120. The molecule has 92 valence electrons. The molecule has 0 amide bonds. The van der Waals surface area contributed by atoms with E-state index < -0.39 is 0 Å². The van der Waals surface area contributed by atoms with Crippen molar-refractivity contribution in [3.05, 3.63) is 59.7 Å². The molecule has 0 atom stereocenters. The summed E-state index contributed by atoms with van der Waals surface area (Å²) in [5.41, 5.74) is 2.00. The second-order valence-electron chi connectivity index (χ2n) is 3.89. The summed E-state index contributed by atoms with van der Waals surface area (Å²) >= 11 is 0. The van der Waals surface area contributed by atoms with Crippen LogP contribution >= 0.6 is 0 Å². The minimum Gasteiger partial charge on any atom is -0.485 e. The molecule has 0 heterocycles. The molecular weight excluding hydrogens is 228 g/mol. The fourth-order valence-corrected chi connectivity index (χ4v) is 1.68. The third-order valence-corrected chi connectivity index (χ3v) is 2.58. The highest BCUT2D eigenvalue weighted by Crippen LogP contribution is 2.31. The Balaban J connectivity index is 2.15. The van der Waals surface area contributed by atoms with Gasteiger partial charge in [-0.3, -0.25) is 4.79 Å². The van der Waals surface area contributed by atoms with Gasteiger partial charge < -0.3 is 9.47 Å². The van der Waals surface area contributed by atoms with Crippen LogP contribution in [-0.4, -0.2) is 6.47 Å². The summed E-state index contributed by atoms with van der Waals surface area (Å²) in [6, 6.07) is 15.3. The molecule has 2 aromatic carbocycles. The number of carbonyl (C=O) groups excluding carboxylic acids is 1. The Morgan fingerprint density at radius 1 is 1.06 bits per heavy atom. The third-order valence-electron chi connectivity index (χ3n) is 2.58. The van der Waals surface area contributed by atoms with Crippen LogP contribution in [0.2, 0.25) is 0 Å². The van der Waals surface area contributed by atoms with E-state index in [1.165, 1.54) is 0 Å². The fourth-order valence-electron chi connectivity index (χ4n) is 1.68. The van der Waals surface area contributed by atoms with Gasteiger partial charge in [-0.15, -0.1) is 0 Å². The number of benzene rings is 2. The highest BCUT2D eigenvalue weighted by Gasteiger charge is 2.08. The van der Waals surface area contributed by atoms with E-state index in [2.05, 4.69) is 0 Å². The Morgan fingerprint density at radius 2 is 1.83 bits per heavy atom. The summed E-state index contributed by atoms with van der Waals surface area (Å²) in [7, 11) is 0. The van der Waals surface area contributed by atoms with Crippen molar-refractivity contribution in [1.29, 1.82) is 0 Å². The van der Waals surface area contributed by atoms with Crippen LogP contribution in [0, 0.1) is 6.92 Å². The molecule has 3 heteroatoms. The maximum absolute atomic E-state index is 10.4. The monoisotopic (exact) mass is 242 g/mol. The number of carbonyl (C=O) groups is 1. The summed E-state index contributed by atoms with van der Waals surface area (Å²) in [5.74, 6) is 1.05. The van der Waals surface area contributed by atoms with E-state index in [0.717, 1.165) is 11.1 Å². The van der Waals surface area contributed by atoms with Gasteiger partial charge >= 0.3 is 0 Å². The highest BCUT2D eigenvalue weighted by atomic mass is 16.5. The topological polar surface area (TPSA) is 35.5 Å². The Kier molecular flexibility index (Phi) is 3.97. The van der Waals surface area contributed by atoms with Gasteiger partial charge in [-0.05, 0) is 24.1 Å². The zero-order valence-corrected chi connectivity index (χ0v) is 10.1. The van der Waals surface area contributed by atoms with Crippen LogP contribution in [0.4, 0.5) is 0 Å². The van der Waals surface area contributed by atoms with Gasteiger partial charge in [0.05, 0.1) is 0 Å². The van der Waals surface area contributed by atoms with Gasteiger partial charge in [-0.2, -0.15) is 0 Å². The minimum absolute atomic E-state index is 0.407. The maximum atomic E-state index is 10.4. The van der Waals surface area contributed by atoms with Crippen LogP contribution in [0.1, 0.15) is 11.1 Å². The van der Waals surface area contributed by atoms with E-state index in [-0.39, 0.29) is 0 Å². The molecule has 0 radical (unpaired) electrons. The highest BCUT2D eigenvalue weighted by molar-refractivity contribution is 5.53. The first kappa shape index (κ1) is 12.2. The van der Waals surface area contributed by atoms with Gasteiger partial charge in [0.1, 0.15) is 6.61 Å². The Bertz CT molecular complexity index is 521. The predicted octanol–water partition coefficient (Wildman–Crippen LogP) is 3.11. The lowest BCUT2D eigenvalue weighted by Gasteiger charge is -2.12. The molecule has 18 heavy (non-hydrogen) atoms. The lowest BCUT2D eigenvalue weighted by Crippen LogP contribution is -2.00. The number of ether oxygens (including phenoxy) is 2. The lowest BCUT2D eigenvalue weighted by atomic mass is 10.2. The Labute approximate surface area is 106 Å². The molecule has 0 unspecified atom stereocenters. The van der Waals surface area contributed by atoms with Crippen LogP contribution in [0.3, 0.4) is 0 Å². The standard InChI is InChI=1S/C15H14O3/c1-12-6-5-9-14(18-11-16)15(12)17-10-13-7-3-2-4-8-13/h2-9,11H,10H2,1H3. The van der Waals surface area contributed by atoms with E-state index in [4.69, 9.17) is 9.47 Å². The van der Waals surface area contributed by atoms with Gasteiger partial charge in [-0.1, -0.05) is 42.5 Å². The van der Waals surface area contributed by atoms with Crippen molar-refractivity contribution < 1.29 is 14.3 Å². The van der Waals surface area contributed by atoms with E-state index in [9.17, 15) is 4.79 Å². The zero-order chi connectivity index (χ0) is 12.8. The number of rotatable bonds is 5. The normalized spacial score (nSPS) is 9.83. The second-order valence-corrected chi connectivity index (χ2v) is 3.89. The molecule has 0 fully saturated rings. The zero-order valence-electron chi connectivity index (χ0n) is 10.1. The van der Waals surface area contributed by atoms with Crippen LogP contribution in [0.15, 0.2) is 48.5 Å². The molecule has 0 N–H and O–H groups in total. The molecule has 0 bridgehead atoms. The van der Waals surface area contributed by atoms with Crippen molar-refractivity contribution in [1.82, 2.24) is 0 Å². The quantitative estimate of drug-likeness (QED) is 0.756. The van der Waals surface area contributed by atoms with Crippen molar-refractivity contribution in [3.63, 3.8) is 0 Å². The van der Waals surface area contributed by atoms with E-state index in [0.29, 0.717) is 24.6 Å². The summed E-state index contributed by atoms with van der Waals surface area (Å²) in [6.07, 6.45) is 0. The molecule has 0 saturated heterocycles. The Hall–Kier alpha value is -2.29. The SMILES string of the molecule is Cc1cccc(OC=O)c1OCc1ccccc1. The summed E-state index contributed by atoms with van der Waals surface area (Å²) < 4.78 is 10.6.